The third-order valence-corrected chi connectivity index (χ3v) is 9.42. The monoisotopic (exact) mass is 561 g/mol. The average Bonchev–Trinajstić information content (AvgIpc) is 3.57. The van der Waals surface area contributed by atoms with Gasteiger partial charge >= 0.3 is 0 Å². The maximum absolute atomic E-state index is 13.2. The van der Waals surface area contributed by atoms with Crippen LogP contribution in [0.1, 0.15) is 16.0 Å². The van der Waals surface area contributed by atoms with Crippen LogP contribution in [-0.4, -0.2) is 28.9 Å². The molecule has 6 aromatic rings. The standard InChI is InChI=1S/C33H27N3O2S2/c37-30(21-38-25-15-14-23-10-4-5-11-24(23)18-25)35-33-31(32-34-27-12-6-7-13-28(27)39-32)26-16-17-36(20-29(26)40-33)19-22-8-2-1-3-9-22/h1-15,18H,16-17,19-21H2,(H,35,37). The number of ether oxygens (including phenoxy) is 1. The number of aromatic nitrogens is 1. The van der Waals surface area contributed by atoms with E-state index in [2.05, 4.69) is 52.7 Å². The molecule has 0 spiro atoms. The van der Waals surface area contributed by atoms with E-state index >= 15 is 0 Å². The van der Waals surface area contributed by atoms with E-state index in [0.717, 1.165) is 62.6 Å². The second-order valence-electron chi connectivity index (χ2n) is 9.99. The number of fused-ring (bicyclic) bond motifs is 3. The van der Waals surface area contributed by atoms with E-state index in [9.17, 15) is 4.79 Å². The molecule has 40 heavy (non-hydrogen) atoms. The van der Waals surface area contributed by atoms with E-state index in [-0.39, 0.29) is 12.5 Å². The quantitative estimate of drug-likeness (QED) is 0.217. The lowest BCUT2D eigenvalue weighted by atomic mass is 10.0. The Morgan fingerprint density at radius 3 is 2.58 bits per heavy atom. The van der Waals surface area contributed by atoms with Crippen molar-refractivity contribution < 1.29 is 9.53 Å². The first-order valence-electron chi connectivity index (χ1n) is 13.4. The van der Waals surface area contributed by atoms with E-state index in [1.807, 2.05) is 54.6 Å². The van der Waals surface area contributed by atoms with Crippen LogP contribution in [-0.2, 0) is 24.3 Å². The molecule has 3 heterocycles. The minimum Gasteiger partial charge on any atom is -0.484 e. The first kappa shape index (κ1) is 25.0. The summed E-state index contributed by atoms with van der Waals surface area (Å²) in [5.41, 5.74) is 4.67. The molecule has 7 heteroatoms. The highest BCUT2D eigenvalue weighted by Gasteiger charge is 2.28. The Morgan fingerprint density at radius 2 is 1.70 bits per heavy atom. The van der Waals surface area contributed by atoms with E-state index in [4.69, 9.17) is 9.72 Å². The molecular weight excluding hydrogens is 535 g/mol. The Kier molecular flexibility index (Phi) is 6.77. The molecule has 0 fully saturated rings. The third-order valence-electron chi connectivity index (χ3n) is 7.24. The molecule has 198 valence electrons. The van der Waals surface area contributed by atoms with E-state index < -0.39 is 0 Å². The number of anilines is 1. The van der Waals surface area contributed by atoms with Crippen LogP contribution in [0, 0.1) is 0 Å². The van der Waals surface area contributed by atoms with Crippen LogP contribution in [0.4, 0.5) is 5.00 Å². The molecule has 0 saturated heterocycles. The third kappa shape index (κ3) is 5.11. The molecule has 0 atom stereocenters. The molecule has 4 aromatic carbocycles. The van der Waals surface area contributed by atoms with Crippen molar-refractivity contribution in [2.24, 2.45) is 0 Å². The number of amides is 1. The fraction of sp³-hybridized carbons (Fsp3) is 0.152. The fourth-order valence-corrected chi connectivity index (χ4v) is 7.71. The Hall–Kier alpha value is -4.04. The zero-order valence-corrected chi connectivity index (χ0v) is 23.4. The van der Waals surface area contributed by atoms with E-state index in [0.29, 0.717) is 5.75 Å². The van der Waals surface area contributed by atoms with Crippen LogP contribution >= 0.6 is 22.7 Å². The van der Waals surface area contributed by atoms with Crippen molar-refractivity contribution in [3.63, 3.8) is 0 Å². The van der Waals surface area contributed by atoms with Crippen LogP contribution in [0.15, 0.2) is 97.1 Å². The topological polar surface area (TPSA) is 54.5 Å². The maximum Gasteiger partial charge on any atom is 0.262 e. The zero-order chi connectivity index (χ0) is 26.9. The highest BCUT2D eigenvalue weighted by molar-refractivity contribution is 7.22. The first-order valence-corrected chi connectivity index (χ1v) is 15.0. The van der Waals surface area contributed by atoms with Crippen molar-refractivity contribution in [1.82, 2.24) is 9.88 Å². The second-order valence-corrected chi connectivity index (χ2v) is 12.1. The molecule has 0 unspecified atom stereocenters. The van der Waals surface area contributed by atoms with Gasteiger partial charge in [-0.3, -0.25) is 9.69 Å². The highest BCUT2D eigenvalue weighted by Crippen LogP contribution is 2.45. The number of benzene rings is 4. The number of carbonyl (C=O) groups is 1. The van der Waals surface area contributed by atoms with Gasteiger partial charge < -0.3 is 10.1 Å². The fourth-order valence-electron chi connectivity index (χ4n) is 5.30. The summed E-state index contributed by atoms with van der Waals surface area (Å²) < 4.78 is 7.05. The van der Waals surface area contributed by atoms with Crippen molar-refractivity contribution in [1.29, 1.82) is 0 Å². The number of hydrogen-bond donors (Lipinski definition) is 1. The van der Waals surface area contributed by atoms with Gasteiger partial charge in [0.25, 0.3) is 5.91 Å². The summed E-state index contributed by atoms with van der Waals surface area (Å²) in [6.45, 7) is 2.68. The molecule has 0 radical (unpaired) electrons. The minimum atomic E-state index is -0.171. The number of thiophene rings is 1. The summed E-state index contributed by atoms with van der Waals surface area (Å²) in [4.78, 5) is 21.9. The average molecular weight is 562 g/mol. The van der Waals surface area contributed by atoms with Crippen molar-refractivity contribution in [2.75, 3.05) is 18.5 Å². The van der Waals surface area contributed by atoms with Crippen LogP contribution < -0.4 is 10.1 Å². The highest BCUT2D eigenvalue weighted by atomic mass is 32.1. The number of nitrogens with one attached hydrogen (secondary N) is 1. The van der Waals surface area contributed by atoms with Gasteiger partial charge in [-0.25, -0.2) is 4.98 Å². The smallest absolute Gasteiger partial charge is 0.262 e. The number of rotatable bonds is 7. The summed E-state index contributed by atoms with van der Waals surface area (Å²) in [6.07, 6.45) is 0.924. The molecule has 5 nitrogen and oxygen atoms in total. The molecule has 1 aliphatic heterocycles. The summed E-state index contributed by atoms with van der Waals surface area (Å²) in [5.74, 6) is 0.512. The minimum absolute atomic E-state index is 0.0552. The number of carbonyl (C=O) groups excluding carboxylic acids is 1. The lowest BCUT2D eigenvalue weighted by Crippen LogP contribution is -2.29. The van der Waals surface area contributed by atoms with Crippen molar-refractivity contribution in [2.45, 2.75) is 19.5 Å². The molecule has 2 aromatic heterocycles. The Balaban J connectivity index is 1.15. The summed E-state index contributed by atoms with van der Waals surface area (Å²) in [5, 5.41) is 7.23. The Labute approximate surface area is 240 Å². The predicted octanol–water partition coefficient (Wildman–Crippen LogP) is 7.75. The summed E-state index contributed by atoms with van der Waals surface area (Å²) >= 11 is 3.35. The molecule has 1 amide bonds. The van der Waals surface area contributed by atoms with Gasteiger partial charge in [0.15, 0.2) is 6.61 Å². The summed E-state index contributed by atoms with van der Waals surface area (Å²) in [6, 6.07) is 32.8. The predicted molar refractivity (Wildman–Crippen MR) is 165 cm³/mol. The van der Waals surface area contributed by atoms with Gasteiger partial charge in [0, 0.05) is 30.1 Å². The second kappa shape index (κ2) is 10.8. The molecule has 0 saturated carbocycles. The number of para-hydroxylation sites is 1. The maximum atomic E-state index is 13.2. The van der Waals surface area contributed by atoms with Crippen molar-refractivity contribution in [3.05, 3.63) is 113 Å². The molecule has 7 rings (SSSR count). The number of hydrogen-bond acceptors (Lipinski definition) is 6. The Bertz CT molecular complexity index is 1790. The number of nitrogens with zero attached hydrogens (tertiary/aromatic N) is 2. The lowest BCUT2D eigenvalue weighted by Gasteiger charge is -2.27. The van der Waals surface area contributed by atoms with Crippen LogP contribution in [0.3, 0.4) is 0 Å². The molecule has 1 aliphatic rings. The normalized spacial score (nSPS) is 13.4. The van der Waals surface area contributed by atoms with E-state index in [1.54, 1.807) is 22.7 Å². The zero-order valence-electron chi connectivity index (χ0n) is 21.8. The lowest BCUT2D eigenvalue weighted by molar-refractivity contribution is -0.118. The molecule has 0 bridgehead atoms. The van der Waals surface area contributed by atoms with Crippen LogP contribution in [0.25, 0.3) is 31.6 Å². The van der Waals surface area contributed by atoms with Gasteiger partial charge in [-0.15, -0.1) is 22.7 Å². The number of thiazole rings is 1. The van der Waals surface area contributed by atoms with Gasteiger partial charge in [-0.2, -0.15) is 0 Å². The van der Waals surface area contributed by atoms with E-state index in [1.165, 1.54) is 16.0 Å². The largest absolute Gasteiger partial charge is 0.484 e. The van der Waals surface area contributed by atoms with Crippen LogP contribution in [0.5, 0.6) is 5.75 Å². The van der Waals surface area contributed by atoms with Gasteiger partial charge in [-0.1, -0.05) is 72.8 Å². The molecule has 0 aliphatic carbocycles. The Morgan fingerprint density at radius 1 is 0.900 bits per heavy atom. The molecule has 1 N–H and O–H groups in total. The molecular formula is C33H27N3O2S2. The van der Waals surface area contributed by atoms with Gasteiger partial charge in [-0.05, 0) is 52.6 Å². The van der Waals surface area contributed by atoms with Crippen LogP contribution in [0.2, 0.25) is 0 Å². The van der Waals surface area contributed by atoms with Gasteiger partial charge in [0.1, 0.15) is 15.8 Å². The summed E-state index contributed by atoms with van der Waals surface area (Å²) in [7, 11) is 0. The van der Waals surface area contributed by atoms with Gasteiger partial charge in [0.05, 0.1) is 10.2 Å². The van der Waals surface area contributed by atoms with Gasteiger partial charge in [0.2, 0.25) is 0 Å². The van der Waals surface area contributed by atoms with Crippen molar-refractivity contribution >= 4 is 54.6 Å². The SMILES string of the molecule is O=C(COc1ccc2ccccc2c1)Nc1sc2c(c1-c1nc3ccccc3s1)CCN(Cc1ccccc1)C2. The van der Waals surface area contributed by atoms with Crippen molar-refractivity contribution in [3.8, 4) is 16.3 Å². The first-order chi connectivity index (χ1) is 19.7.